The molecular weight excluding hydrogens is 380 g/mol. The molecule has 1 unspecified atom stereocenters. The highest BCUT2D eigenvalue weighted by molar-refractivity contribution is 7.89. The van der Waals surface area contributed by atoms with Crippen molar-refractivity contribution in [1.82, 2.24) is 8.87 Å². The largest absolute Gasteiger partial charge is 0.461 e. The molecule has 7 nitrogen and oxygen atoms in total. The van der Waals surface area contributed by atoms with Crippen LogP contribution in [0.5, 0.6) is 0 Å². The molecule has 0 spiro atoms. The van der Waals surface area contributed by atoms with Gasteiger partial charge in [0, 0.05) is 25.4 Å². The maximum Gasteiger partial charge on any atom is 0.355 e. The zero-order valence-corrected chi connectivity index (χ0v) is 17.8. The second-order valence-corrected chi connectivity index (χ2v) is 8.59. The van der Waals surface area contributed by atoms with Crippen LogP contribution in [0.1, 0.15) is 46.0 Å². The smallest absolute Gasteiger partial charge is 0.355 e. The van der Waals surface area contributed by atoms with Crippen molar-refractivity contribution in [1.29, 1.82) is 0 Å². The Kier molecular flexibility index (Phi) is 6.46. The van der Waals surface area contributed by atoms with E-state index < -0.39 is 22.0 Å². The van der Waals surface area contributed by atoms with Crippen LogP contribution < -0.4 is 0 Å². The standard InChI is InChI=1S/C20H26N2O5S/c1-7-27-20(24)18-13(2)17(14(3)21(18)5)19(23)15(4)22(6)28(25,26)16-11-9-8-10-12-16/h8-12,15H,7H2,1-6H3. The monoisotopic (exact) mass is 406 g/mol. The number of benzene rings is 1. The molecule has 1 atom stereocenters. The third kappa shape index (κ3) is 3.74. The summed E-state index contributed by atoms with van der Waals surface area (Å²) in [6.45, 7) is 6.87. The molecule has 2 rings (SSSR count). The summed E-state index contributed by atoms with van der Waals surface area (Å²) in [5.41, 5.74) is 1.71. The zero-order chi connectivity index (χ0) is 21.2. The molecule has 0 saturated carbocycles. The first-order chi connectivity index (χ1) is 13.1. The average Bonchev–Trinajstić information content (AvgIpc) is 2.89. The normalized spacial score (nSPS) is 12.8. The van der Waals surface area contributed by atoms with Crippen LogP contribution in [0.3, 0.4) is 0 Å². The molecule has 0 radical (unpaired) electrons. The van der Waals surface area contributed by atoms with E-state index in [2.05, 4.69) is 0 Å². The Labute approximate surface area is 166 Å². The van der Waals surface area contributed by atoms with Gasteiger partial charge in [0.25, 0.3) is 0 Å². The number of esters is 1. The number of carbonyl (C=O) groups is 2. The first-order valence-electron chi connectivity index (χ1n) is 8.95. The molecule has 8 heteroatoms. The number of Topliss-reactive ketones (excluding diaryl/α,β-unsaturated/α-hetero) is 1. The number of likely N-dealkylation sites (N-methyl/N-ethyl adjacent to an activating group) is 1. The molecule has 0 aliphatic rings. The van der Waals surface area contributed by atoms with E-state index in [4.69, 9.17) is 4.74 Å². The summed E-state index contributed by atoms with van der Waals surface area (Å²) in [7, 11) is -0.770. The molecule has 0 aliphatic heterocycles. The van der Waals surface area contributed by atoms with E-state index in [0.29, 0.717) is 22.5 Å². The third-order valence-corrected chi connectivity index (χ3v) is 6.93. The minimum absolute atomic E-state index is 0.117. The fourth-order valence-corrected chi connectivity index (χ4v) is 4.52. The van der Waals surface area contributed by atoms with Gasteiger partial charge in [-0.05, 0) is 45.4 Å². The van der Waals surface area contributed by atoms with Crippen molar-refractivity contribution in [2.24, 2.45) is 7.05 Å². The molecule has 28 heavy (non-hydrogen) atoms. The lowest BCUT2D eigenvalue weighted by Crippen LogP contribution is -2.40. The molecule has 152 valence electrons. The van der Waals surface area contributed by atoms with E-state index in [0.717, 1.165) is 4.31 Å². The van der Waals surface area contributed by atoms with Gasteiger partial charge in [-0.3, -0.25) is 4.79 Å². The van der Waals surface area contributed by atoms with Crippen molar-refractivity contribution in [3.05, 3.63) is 52.8 Å². The van der Waals surface area contributed by atoms with Crippen molar-refractivity contribution >= 4 is 21.8 Å². The van der Waals surface area contributed by atoms with E-state index in [1.807, 2.05) is 0 Å². The SMILES string of the molecule is CCOC(=O)c1c(C)c(C(=O)C(C)N(C)S(=O)(=O)c2ccccc2)c(C)n1C. The van der Waals surface area contributed by atoms with Gasteiger partial charge < -0.3 is 9.30 Å². The van der Waals surface area contributed by atoms with E-state index >= 15 is 0 Å². The summed E-state index contributed by atoms with van der Waals surface area (Å²) in [5, 5.41) is 0. The Balaban J connectivity index is 2.44. The lowest BCUT2D eigenvalue weighted by Gasteiger charge is -2.23. The number of ether oxygens (including phenoxy) is 1. The lowest BCUT2D eigenvalue weighted by molar-refractivity contribution is 0.0514. The summed E-state index contributed by atoms with van der Waals surface area (Å²) in [6.07, 6.45) is 0. The van der Waals surface area contributed by atoms with Gasteiger partial charge in [0.2, 0.25) is 10.0 Å². The quantitative estimate of drug-likeness (QED) is 0.521. The summed E-state index contributed by atoms with van der Waals surface area (Å²) in [6, 6.07) is 7.01. The minimum Gasteiger partial charge on any atom is -0.461 e. The lowest BCUT2D eigenvalue weighted by atomic mass is 10.0. The van der Waals surface area contributed by atoms with Gasteiger partial charge in [-0.25, -0.2) is 13.2 Å². The fraction of sp³-hybridized carbons (Fsp3) is 0.400. The second-order valence-electron chi connectivity index (χ2n) is 6.59. The molecule has 0 amide bonds. The van der Waals surface area contributed by atoms with Crippen molar-refractivity contribution in [2.45, 2.75) is 38.6 Å². The Hall–Kier alpha value is -2.45. The highest BCUT2D eigenvalue weighted by Crippen LogP contribution is 2.26. The number of rotatable bonds is 7. The first kappa shape index (κ1) is 21.8. The summed E-state index contributed by atoms with van der Waals surface area (Å²) < 4.78 is 33.4. The van der Waals surface area contributed by atoms with E-state index in [9.17, 15) is 18.0 Å². The van der Waals surface area contributed by atoms with Crippen LogP contribution in [-0.2, 0) is 21.8 Å². The van der Waals surface area contributed by atoms with E-state index in [1.165, 1.54) is 19.2 Å². The Morgan fingerprint density at radius 2 is 1.75 bits per heavy atom. The van der Waals surface area contributed by atoms with E-state index in [-0.39, 0.29) is 17.3 Å². The van der Waals surface area contributed by atoms with Gasteiger partial charge in [-0.15, -0.1) is 0 Å². The topological polar surface area (TPSA) is 85.7 Å². The Morgan fingerprint density at radius 1 is 1.18 bits per heavy atom. The van der Waals surface area contributed by atoms with Gasteiger partial charge in [0.05, 0.1) is 17.5 Å². The predicted octanol–water partition coefficient (Wildman–Crippen LogP) is 2.71. The molecule has 0 bridgehead atoms. The van der Waals surface area contributed by atoms with Crippen LogP contribution in [0.15, 0.2) is 35.2 Å². The third-order valence-electron chi connectivity index (χ3n) is 4.99. The van der Waals surface area contributed by atoms with Gasteiger partial charge in [0.15, 0.2) is 5.78 Å². The average molecular weight is 407 g/mol. The summed E-state index contributed by atoms with van der Waals surface area (Å²) in [4.78, 5) is 25.6. The molecule has 0 saturated heterocycles. The minimum atomic E-state index is -3.83. The maximum absolute atomic E-state index is 13.2. The maximum atomic E-state index is 13.2. The van der Waals surface area contributed by atoms with Crippen LogP contribution >= 0.6 is 0 Å². The van der Waals surface area contributed by atoms with Crippen LogP contribution in [0, 0.1) is 13.8 Å². The number of nitrogens with zero attached hydrogens (tertiary/aromatic N) is 2. The number of hydrogen-bond donors (Lipinski definition) is 0. The molecular formula is C20H26N2O5S. The molecule has 1 aromatic carbocycles. The summed E-state index contributed by atoms with van der Waals surface area (Å²) in [5.74, 6) is -0.884. The molecule has 0 aliphatic carbocycles. The Bertz CT molecular complexity index is 993. The number of aromatic nitrogens is 1. The van der Waals surface area contributed by atoms with Crippen molar-refractivity contribution in [3.63, 3.8) is 0 Å². The molecule has 0 N–H and O–H groups in total. The van der Waals surface area contributed by atoms with Crippen LogP contribution in [0.4, 0.5) is 0 Å². The predicted molar refractivity (Wildman–Crippen MR) is 106 cm³/mol. The zero-order valence-electron chi connectivity index (χ0n) is 17.0. The second kappa shape index (κ2) is 8.28. The number of hydrogen-bond acceptors (Lipinski definition) is 5. The fourth-order valence-electron chi connectivity index (χ4n) is 3.17. The van der Waals surface area contributed by atoms with Gasteiger partial charge >= 0.3 is 5.97 Å². The number of sulfonamides is 1. The van der Waals surface area contributed by atoms with Crippen LogP contribution in [0.25, 0.3) is 0 Å². The molecule has 0 fully saturated rings. The Morgan fingerprint density at radius 3 is 2.29 bits per heavy atom. The van der Waals surface area contributed by atoms with Crippen molar-refractivity contribution in [2.75, 3.05) is 13.7 Å². The van der Waals surface area contributed by atoms with Gasteiger partial charge in [-0.1, -0.05) is 18.2 Å². The summed E-state index contributed by atoms with van der Waals surface area (Å²) >= 11 is 0. The number of carbonyl (C=O) groups excluding carboxylic acids is 2. The molecule has 1 aromatic heterocycles. The van der Waals surface area contributed by atoms with Crippen molar-refractivity contribution in [3.8, 4) is 0 Å². The van der Waals surface area contributed by atoms with Gasteiger partial charge in [0.1, 0.15) is 5.69 Å². The van der Waals surface area contributed by atoms with Crippen LogP contribution in [0.2, 0.25) is 0 Å². The van der Waals surface area contributed by atoms with Crippen molar-refractivity contribution < 1.29 is 22.7 Å². The molecule has 2 aromatic rings. The van der Waals surface area contributed by atoms with Gasteiger partial charge in [-0.2, -0.15) is 4.31 Å². The molecule has 1 heterocycles. The highest BCUT2D eigenvalue weighted by Gasteiger charge is 2.34. The van der Waals surface area contributed by atoms with Crippen LogP contribution in [-0.4, -0.2) is 48.7 Å². The highest BCUT2D eigenvalue weighted by atomic mass is 32.2. The number of ketones is 1. The van der Waals surface area contributed by atoms with E-state index in [1.54, 1.807) is 57.5 Å². The first-order valence-corrected chi connectivity index (χ1v) is 10.4.